The summed E-state index contributed by atoms with van der Waals surface area (Å²) in [4.78, 5) is 15.2. The van der Waals surface area contributed by atoms with Crippen molar-refractivity contribution in [1.82, 2.24) is 4.98 Å². The van der Waals surface area contributed by atoms with Crippen molar-refractivity contribution in [2.75, 3.05) is 0 Å². The van der Waals surface area contributed by atoms with E-state index in [-0.39, 0.29) is 5.56 Å². The minimum absolute atomic E-state index is 0.130. The smallest absolute Gasteiger partial charge is 0.197 e. The fraction of sp³-hybridized carbons (Fsp3) is 0. The van der Waals surface area contributed by atoms with Gasteiger partial charge in [-0.2, -0.15) is 0 Å². The normalized spacial score (nSPS) is 10.3. The van der Waals surface area contributed by atoms with Gasteiger partial charge in [0, 0.05) is 11.8 Å². The van der Waals surface area contributed by atoms with Crippen molar-refractivity contribution < 1.29 is 18.0 Å². The van der Waals surface area contributed by atoms with Crippen LogP contribution in [-0.2, 0) is 0 Å². The van der Waals surface area contributed by atoms with Crippen LogP contribution in [0.1, 0.15) is 15.9 Å². The maximum absolute atomic E-state index is 13.3. The van der Waals surface area contributed by atoms with E-state index >= 15 is 0 Å². The molecule has 17 heavy (non-hydrogen) atoms. The molecule has 0 fully saturated rings. The first-order valence-corrected chi connectivity index (χ1v) is 4.68. The molecule has 0 radical (unpaired) electrons. The maximum Gasteiger partial charge on any atom is 0.197 e. The minimum atomic E-state index is -0.860. The number of hydrogen-bond donors (Lipinski definition) is 0. The quantitative estimate of drug-likeness (QED) is 0.751. The van der Waals surface area contributed by atoms with Gasteiger partial charge in [-0.1, -0.05) is 0 Å². The zero-order valence-corrected chi connectivity index (χ0v) is 8.45. The molecule has 0 aliphatic heterocycles. The zero-order chi connectivity index (χ0) is 12.4. The third-order valence-electron chi connectivity index (χ3n) is 2.14. The van der Waals surface area contributed by atoms with Gasteiger partial charge in [-0.15, -0.1) is 0 Å². The molecular formula is C12H6F3NO. The monoisotopic (exact) mass is 237 g/mol. The van der Waals surface area contributed by atoms with E-state index in [0.717, 1.165) is 36.7 Å². The predicted octanol–water partition coefficient (Wildman–Crippen LogP) is 2.73. The van der Waals surface area contributed by atoms with Crippen LogP contribution in [-0.4, -0.2) is 10.8 Å². The third kappa shape index (κ3) is 2.33. The van der Waals surface area contributed by atoms with Crippen molar-refractivity contribution in [3.63, 3.8) is 0 Å². The first-order chi connectivity index (χ1) is 8.08. The van der Waals surface area contributed by atoms with Gasteiger partial charge >= 0.3 is 0 Å². The molecule has 0 bridgehead atoms. The first-order valence-electron chi connectivity index (χ1n) is 4.68. The lowest BCUT2D eigenvalue weighted by molar-refractivity contribution is 0.103. The molecule has 0 aliphatic rings. The summed E-state index contributed by atoms with van der Waals surface area (Å²) in [5.74, 6) is -3.12. The Labute approximate surface area is 94.7 Å². The molecule has 0 saturated carbocycles. The Hall–Kier alpha value is -2.17. The molecule has 1 heterocycles. The molecule has 1 aromatic carbocycles. The van der Waals surface area contributed by atoms with Crippen molar-refractivity contribution in [3.05, 3.63) is 65.2 Å². The number of ketones is 1. The lowest BCUT2D eigenvalue weighted by Crippen LogP contribution is -2.05. The Morgan fingerprint density at radius 2 is 1.76 bits per heavy atom. The SMILES string of the molecule is O=C(c1cncc(F)c1)c1cc(F)ccc1F. The van der Waals surface area contributed by atoms with Gasteiger partial charge in [-0.25, -0.2) is 13.2 Å². The highest BCUT2D eigenvalue weighted by molar-refractivity contribution is 6.08. The van der Waals surface area contributed by atoms with Crippen molar-refractivity contribution in [3.8, 4) is 0 Å². The number of aromatic nitrogens is 1. The highest BCUT2D eigenvalue weighted by Gasteiger charge is 2.15. The van der Waals surface area contributed by atoms with Crippen LogP contribution in [0.25, 0.3) is 0 Å². The molecule has 86 valence electrons. The minimum Gasteiger partial charge on any atom is -0.288 e. The zero-order valence-electron chi connectivity index (χ0n) is 8.45. The summed E-state index contributed by atoms with van der Waals surface area (Å²) < 4.78 is 39.0. The molecule has 1 aromatic heterocycles. The molecule has 2 aromatic rings. The van der Waals surface area contributed by atoms with E-state index < -0.39 is 28.8 Å². The largest absolute Gasteiger partial charge is 0.288 e. The maximum atomic E-state index is 13.3. The highest BCUT2D eigenvalue weighted by atomic mass is 19.1. The van der Waals surface area contributed by atoms with Gasteiger partial charge in [-0.05, 0) is 24.3 Å². The topological polar surface area (TPSA) is 30.0 Å². The highest BCUT2D eigenvalue weighted by Crippen LogP contribution is 2.15. The van der Waals surface area contributed by atoms with E-state index in [1.165, 1.54) is 0 Å². The second-order valence-electron chi connectivity index (χ2n) is 3.35. The molecule has 0 saturated heterocycles. The van der Waals surface area contributed by atoms with Gasteiger partial charge in [-0.3, -0.25) is 9.78 Å². The van der Waals surface area contributed by atoms with Crippen molar-refractivity contribution >= 4 is 5.78 Å². The summed E-state index contributed by atoms with van der Waals surface area (Å²) in [6.07, 6.45) is 2.01. The molecular weight excluding hydrogens is 231 g/mol. The Kier molecular flexibility index (Phi) is 2.91. The molecule has 0 N–H and O–H groups in total. The molecule has 0 aliphatic carbocycles. The summed E-state index contributed by atoms with van der Waals surface area (Å²) in [5.41, 5.74) is -0.577. The van der Waals surface area contributed by atoms with Crippen molar-refractivity contribution in [2.24, 2.45) is 0 Å². The average Bonchev–Trinajstić information content (AvgIpc) is 2.31. The second kappa shape index (κ2) is 4.37. The Morgan fingerprint density at radius 1 is 1.00 bits per heavy atom. The number of rotatable bonds is 2. The van der Waals surface area contributed by atoms with Crippen molar-refractivity contribution in [2.45, 2.75) is 0 Å². The number of pyridine rings is 1. The van der Waals surface area contributed by atoms with Crippen LogP contribution >= 0.6 is 0 Å². The molecule has 0 spiro atoms. The molecule has 2 nitrogen and oxygen atoms in total. The number of carbonyl (C=O) groups excluding carboxylic acids is 1. The Morgan fingerprint density at radius 3 is 2.47 bits per heavy atom. The van der Waals surface area contributed by atoms with E-state index in [9.17, 15) is 18.0 Å². The lowest BCUT2D eigenvalue weighted by Gasteiger charge is -2.02. The van der Waals surface area contributed by atoms with Gasteiger partial charge in [0.1, 0.15) is 17.5 Å². The number of nitrogens with zero attached hydrogens (tertiary/aromatic N) is 1. The van der Waals surface area contributed by atoms with Gasteiger partial charge < -0.3 is 0 Å². The van der Waals surface area contributed by atoms with E-state index in [2.05, 4.69) is 4.98 Å². The summed E-state index contributed by atoms with van der Waals surface area (Å²) in [6.45, 7) is 0. The van der Waals surface area contributed by atoms with Crippen LogP contribution in [0.5, 0.6) is 0 Å². The molecule has 0 amide bonds. The Bertz CT molecular complexity index is 584. The number of halogens is 3. The number of benzene rings is 1. The second-order valence-corrected chi connectivity index (χ2v) is 3.35. The summed E-state index contributed by atoms with van der Waals surface area (Å²) in [5, 5.41) is 0. The fourth-order valence-corrected chi connectivity index (χ4v) is 1.36. The van der Waals surface area contributed by atoms with Crippen molar-refractivity contribution in [1.29, 1.82) is 0 Å². The third-order valence-corrected chi connectivity index (χ3v) is 2.14. The van der Waals surface area contributed by atoms with E-state index in [4.69, 9.17) is 0 Å². The van der Waals surface area contributed by atoms with Gasteiger partial charge in [0.05, 0.1) is 11.8 Å². The van der Waals surface area contributed by atoms with E-state index in [1.807, 2.05) is 0 Å². The lowest BCUT2D eigenvalue weighted by atomic mass is 10.0. The summed E-state index contributed by atoms with van der Waals surface area (Å²) >= 11 is 0. The van der Waals surface area contributed by atoms with Crippen LogP contribution in [0.2, 0.25) is 0 Å². The predicted molar refractivity (Wildman–Crippen MR) is 54.0 cm³/mol. The van der Waals surface area contributed by atoms with Gasteiger partial charge in [0.25, 0.3) is 0 Å². The number of hydrogen-bond acceptors (Lipinski definition) is 2. The summed E-state index contributed by atoms with van der Waals surface area (Å²) in [7, 11) is 0. The van der Waals surface area contributed by atoms with Crippen LogP contribution in [0.3, 0.4) is 0 Å². The molecule has 0 unspecified atom stereocenters. The Balaban J connectivity index is 2.47. The van der Waals surface area contributed by atoms with E-state index in [0.29, 0.717) is 0 Å². The van der Waals surface area contributed by atoms with Gasteiger partial charge in [0.15, 0.2) is 5.78 Å². The van der Waals surface area contributed by atoms with Crippen LogP contribution < -0.4 is 0 Å². The molecule has 2 rings (SSSR count). The first kappa shape index (κ1) is 11.3. The average molecular weight is 237 g/mol. The van der Waals surface area contributed by atoms with Crippen LogP contribution in [0, 0.1) is 17.5 Å². The standard InChI is InChI=1S/C12H6F3NO/c13-8-1-2-11(15)10(4-8)12(17)7-3-9(14)6-16-5-7/h1-6H. The molecule has 5 heteroatoms. The fourth-order valence-electron chi connectivity index (χ4n) is 1.36. The van der Waals surface area contributed by atoms with Crippen LogP contribution in [0.15, 0.2) is 36.7 Å². The van der Waals surface area contributed by atoms with E-state index in [1.54, 1.807) is 0 Å². The van der Waals surface area contributed by atoms with Crippen LogP contribution in [0.4, 0.5) is 13.2 Å². The number of carbonyl (C=O) groups is 1. The molecule has 0 atom stereocenters. The summed E-state index contributed by atoms with van der Waals surface area (Å²) in [6, 6.07) is 3.42. The van der Waals surface area contributed by atoms with Gasteiger partial charge in [0.2, 0.25) is 0 Å².